The number of hydrogen-bond acceptors (Lipinski definition) is 4. The first-order chi connectivity index (χ1) is 15.5. The predicted octanol–water partition coefficient (Wildman–Crippen LogP) is 5.01. The van der Waals surface area contributed by atoms with Crippen LogP contribution in [0.3, 0.4) is 0 Å². The Hall–Kier alpha value is -3.57. The number of methoxy groups -OCH3 is 1. The van der Waals surface area contributed by atoms with Gasteiger partial charge >= 0.3 is 0 Å². The minimum absolute atomic E-state index is 0.0653. The lowest BCUT2D eigenvalue weighted by Crippen LogP contribution is -2.31. The van der Waals surface area contributed by atoms with Gasteiger partial charge < -0.3 is 14.7 Å². The molecule has 1 aliphatic rings. The largest absolute Gasteiger partial charge is 0.507 e. The highest BCUT2D eigenvalue weighted by Crippen LogP contribution is 2.39. The summed E-state index contributed by atoms with van der Waals surface area (Å²) < 4.78 is 5.17. The van der Waals surface area contributed by atoms with Gasteiger partial charge in [-0.15, -0.1) is 0 Å². The van der Waals surface area contributed by atoms with Crippen molar-refractivity contribution in [2.24, 2.45) is 0 Å². The molecule has 0 radical (unpaired) electrons. The summed E-state index contributed by atoms with van der Waals surface area (Å²) in [7, 11) is 1.55. The summed E-state index contributed by atoms with van der Waals surface area (Å²) in [5.74, 6) is -0.922. The molecule has 0 aromatic heterocycles. The number of likely N-dealkylation sites (tertiary alicyclic amines) is 1. The number of hydrogen-bond donors (Lipinski definition) is 1. The molecule has 3 aromatic rings. The van der Waals surface area contributed by atoms with E-state index in [2.05, 4.69) is 0 Å². The molecule has 32 heavy (non-hydrogen) atoms. The van der Waals surface area contributed by atoms with E-state index in [1.165, 1.54) is 4.90 Å². The van der Waals surface area contributed by atoms with E-state index in [1.54, 1.807) is 55.6 Å². The summed E-state index contributed by atoms with van der Waals surface area (Å²) in [6.45, 7) is 0.335. The van der Waals surface area contributed by atoms with E-state index in [1.807, 2.05) is 30.3 Å². The van der Waals surface area contributed by atoms with E-state index >= 15 is 0 Å². The van der Waals surface area contributed by atoms with E-state index in [-0.39, 0.29) is 11.3 Å². The second-order valence-corrected chi connectivity index (χ2v) is 7.94. The molecule has 0 unspecified atom stereocenters. The van der Waals surface area contributed by atoms with Crippen LogP contribution in [0.2, 0.25) is 5.02 Å². The molecular weight excluding hydrogens is 426 g/mol. The smallest absolute Gasteiger partial charge is 0.295 e. The van der Waals surface area contributed by atoms with Crippen LogP contribution in [-0.4, -0.2) is 35.4 Å². The summed E-state index contributed by atoms with van der Waals surface area (Å²) in [6, 6.07) is 22.7. The van der Waals surface area contributed by atoms with Gasteiger partial charge in [-0.2, -0.15) is 0 Å². The maximum atomic E-state index is 13.1. The molecule has 162 valence electrons. The van der Waals surface area contributed by atoms with Crippen molar-refractivity contribution >= 4 is 29.1 Å². The minimum atomic E-state index is -0.710. The van der Waals surface area contributed by atoms with E-state index < -0.39 is 17.7 Å². The third-order valence-electron chi connectivity index (χ3n) is 5.57. The number of carbonyl (C=O) groups is 2. The number of nitrogens with zero attached hydrogens (tertiary/aromatic N) is 1. The molecule has 1 heterocycles. The molecule has 1 N–H and O–H groups in total. The van der Waals surface area contributed by atoms with Gasteiger partial charge in [0, 0.05) is 17.1 Å². The number of aliphatic hydroxyl groups excluding tert-OH is 1. The topological polar surface area (TPSA) is 66.8 Å². The number of aliphatic hydroxyl groups is 1. The Labute approximate surface area is 191 Å². The Balaban J connectivity index is 1.77. The van der Waals surface area contributed by atoms with Crippen molar-refractivity contribution in [3.63, 3.8) is 0 Å². The van der Waals surface area contributed by atoms with Crippen molar-refractivity contribution in [3.8, 4) is 5.75 Å². The molecular formula is C26H22ClNO4. The Morgan fingerprint density at radius 2 is 1.62 bits per heavy atom. The van der Waals surface area contributed by atoms with Crippen molar-refractivity contribution in [2.75, 3.05) is 13.7 Å². The Kier molecular flexibility index (Phi) is 6.28. The standard InChI is InChI=1S/C26H22ClNO4/c1-32-21-13-9-19(10-14-21)24(29)22-23(18-7-11-20(27)12-8-18)28(26(31)25(22)30)16-15-17-5-3-2-4-6-17/h2-14,23,29H,15-16H2,1H3/t23-/m1/s1. The Morgan fingerprint density at radius 1 is 0.969 bits per heavy atom. The summed E-state index contributed by atoms with van der Waals surface area (Å²) in [5, 5.41) is 11.6. The molecule has 1 fully saturated rings. The van der Waals surface area contributed by atoms with Crippen molar-refractivity contribution in [1.82, 2.24) is 4.90 Å². The third kappa shape index (κ3) is 4.25. The van der Waals surface area contributed by atoms with Crippen molar-refractivity contribution in [2.45, 2.75) is 12.5 Å². The molecule has 0 aliphatic carbocycles. The van der Waals surface area contributed by atoms with Crippen molar-refractivity contribution < 1.29 is 19.4 Å². The zero-order valence-electron chi connectivity index (χ0n) is 17.5. The highest BCUT2D eigenvalue weighted by Gasteiger charge is 2.45. The molecule has 1 aliphatic heterocycles. The first-order valence-corrected chi connectivity index (χ1v) is 10.6. The quantitative estimate of drug-likeness (QED) is 0.327. The maximum absolute atomic E-state index is 13.1. The van der Waals surface area contributed by atoms with Crippen LogP contribution in [0.5, 0.6) is 5.75 Å². The second kappa shape index (κ2) is 9.28. The molecule has 6 heteroatoms. The zero-order valence-corrected chi connectivity index (χ0v) is 18.3. The molecule has 0 spiro atoms. The molecule has 0 bridgehead atoms. The number of benzene rings is 3. The van der Waals surface area contributed by atoms with Crippen LogP contribution in [0.15, 0.2) is 84.4 Å². The minimum Gasteiger partial charge on any atom is -0.507 e. The van der Waals surface area contributed by atoms with Crippen LogP contribution in [0.4, 0.5) is 0 Å². The van der Waals surface area contributed by atoms with Gasteiger partial charge in [0.05, 0.1) is 18.7 Å². The first-order valence-electron chi connectivity index (χ1n) is 10.2. The van der Waals surface area contributed by atoms with E-state index in [0.717, 1.165) is 5.56 Å². The highest BCUT2D eigenvalue weighted by molar-refractivity contribution is 6.46. The van der Waals surface area contributed by atoms with Crippen LogP contribution in [-0.2, 0) is 16.0 Å². The fourth-order valence-corrected chi connectivity index (χ4v) is 4.03. The van der Waals surface area contributed by atoms with Gasteiger partial charge in [0.2, 0.25) is 0 Å². The molecule has 3 aromatic carbocycles. The molecule has 5 nitrogen and oxygen atoms in total. The lowest BCUT2D eigenvalue weighted by molar-refractivity contribution is -0.139. The van der Waals surface area contributed by atoms with Gasteiger partial charge in [-0.1, -0.05) is 54.1 Å². The van der Waals surface area contributed by atoms with Crippen LogP contribution in [0.25, 0.3) is 5.76 Å². The van der Waals surface area contributed by atoms with Crippen LogP contribution in [0, 0.1) is 0 Å². The average Bonchev–Trinajstić information content (AvgIpc) is 3.08. The zero-order chi connectivity index (χ0) is 22.7. The number of Topliss-reactive ketones (excluding diaryl/α,β-unsaturated/α-hetero) is 1. The summed E-state index contributed by atoms with van der Waals surface area (Å²) in [6.07, 6.45) is 0.584. The lowest BCUT2D eigenvalue weighted by Gasteiger charge is -2.25. The van der Waals surface area contributed by atoms with Gasteiger partial charge in [-0.05, 0) is 53.9 Å². The lowest BCUT2D eigenvalue weighted by atomic mass is 9.95. The normalized spacial score (nSPS) is 17.6. The van der Waals surface area contributed by atoms with Crippen LogP contribution in [0.1, 0.15) is 22.7 Å². The van der Waals surface area contributed by atoms with Crippen LogP contribution >= 0.6 is 11.6 Å². The molecule has 4 rings (SSSR count). The van der Waals surface area contributed by atoms with E-state index in [4.69, 9.17) is 16.3 Å². The number of ether oxygens (including phenoxy) is 1. The number of halogens is 1. The molecule has 1 saturated heterocycles. The summed E-state index contributed by atoms with van der Waals surface area (Å²) in [5.41, 5.74) is 2.26. The summed E-state index contributed by atoms with van der Waals surface area (Å²) >= 11 is 6.06. The van der Waals surface area contributed by atoms with Crippen molar-refractivity contribution in [3.05, 3.63) is 106 Å². The maximum Gasteiger partial charge on any atom is 0.295 e. The average molecular weight is 448 g/mol. The molecule has 1 atom stereocenters. The van der Waals surface area contributed by atoms with E-state index in [9.17, 15) is 14.7 Å². The Morgan fingerprint density at radius 3 is 2.25 bits per heavy atom. The highest BCUT2D eigenvalue weighted by atomic mass is 35.5. The Bertz CT molecular complexity index is 1150. The van der Waals surface area contributed by atoms with Crippen molar-refractivity contribution in [1.29, 1.82) is 0 Å². The van der Waals surface area contributed by atoms with Gasteiger partial charge in [-0.25, -0.2) is 0 Å². The number of amides is 1. The summed E-state index contributed by atoms with van der Waals surface area (Å²) in [4.78, 5) is 27.6. The molecule has 1 amide bonds. The number of carbonyl (C=O) groups excluding carboxylic acids is 2. The second-order valence-electron chi connectivity index (χ2n) is 7.51. The SMILES string of the molecule is COc1ccc(C(O)=C2C(=O)C(=O)N(CCc3ccccc3)[C@@H]2c2ccc(Cl)cc2)cc1. The molecule has 0 saturated carbocycles. The number of rotatable bonds is 6. The monoisotopic (exact) mass is 447 g/mol. The fraction of sp³-hybridized carbons (Fsp3) is 0.154. The first kappa shape index (κ1) is 21.7. The van der Waals surface area contributed by atoms with E-state index in [0.29, 0.717) is 34.9 Å². The third-order valence-corrected chi connectivity index (χ3v) is 5.83. The van der Waals surface area contributed by atoms with Gasteiger partial charge in [0.15, 0.2) is 0 Å². The van der Waals surface area contributed by atoms with Crippen LogP contribution < -0.4 is 4.74 Å². The van der Waals surface area contributed by atoms with Gasteiger partial charge in [-0.3, -0.25) is 9.59 Å². The van der Waals surface area contributed by atoms with Gasteiger partial charge in [0.25, 0.3) is 11.7 Å². The van der Waals surface area contributed by atoms with Gasteiger partial charge in [0.1, 0.15) is 11.5 Å². The fourth-order valence-electron chi connectivity index (χ4n) is 3.90. The number of ketones is 1. The predicted molar refractivity (Wildman–Crippen MR) is 124 cm³/mol.